The zero-order valence-electron chi connectivity index (χ0n) is 19.3. The Hall–Kier alpha value is -1.91. The normalized spacial score (nSPS) is 26.2. The van der Waals surface area contributed by atoms with Crippen LogP contribution in [0.4, 0.5) is 0 Å². The maximum Gasteiger partial charge on any atom is 0.222 e. The van der Waals surface area contributed by atoms with Crippen LogP contribution in [0.15, 0.2) is 48.1 Å². The molecule has 4 heteroatoms. The summed E-state index contributed by atoms with van der Waals surface area (Å²) in [6.07, 6.45) is 12.9. The number of aliphatic hydroxyl groups excluding tert-OH is 2. The lowest BCUT2D eigenvalue weighted by molar-refractivity contribution is -0.128. The van der Waals surface area contributed by atoms with Gasteiger partial charge in [-0.05, 0) is 56.4 Å². The van der Waals surface area contributed by atoms with Crippen LogP contribution in [-0.2, 0) is 11.2 Å². The van der Waals surface area contributed by atoms with Crippen molar-refractivity contribution >= 4 is 5.91 Å². The molecule has 5 atom stereocenters. The Morgan fingerprint density at radius 1 is 1.26 bits per heavy atom. The van der Waals surface area contributed by atoms with E-state index in [1.54, 1.807) is 4.90 Å². The van der Waals surface area contributed by atoms with Crippen LogP contribution in [0.3, 0.4) is 0 Å². The van der Waals surface area contributed by atoms with Crippen molar-refractivity contribution in [2.45, 2.75) is 70.5 Å². The first-order valence-corrected chi connectivity index (χ1v) is 11.8. The molecule has 31 heavy (non-hydrogen) atoms. The number of unbranched alkanes of at least 4 members (excludes halogenated alkanes) is 2. The molecule has 2 aliphatic rings. The zero-order valence-corrected chi connectivity index (χ0v) is 19.3. The van der Waals surface area contributed by atoms with Gasteiger partial charge < -0.3 is 15.1 Å². The van der Waals surface area contributed by atoms with Gasteiger partial charge in [0.05, 0.1) is 12.2 Å². The Morgan fingerprint density at radius 3 is 2.81 bits per heavy atom. The Balaban J connectivity index is 1.44. The highest BCUT2D eigenvalue weighted by atomic mass is 16.3. The molecule has 1 amide bonds. The molecule has 3 rings (SSSR count). The Bertz CT molecular complexity index is 797. The number of carbonyl (C=O) groups excluding carboxylic acids is 1. The number of hydrogen-bond acceptors (Lipinski definition) is 3. The molecule has 1 saturated carbocycles. The van der Waals surface area contributed by atoms with Crippen LogP contribution in [0.2, 0.25) is 0 Å². The van der Waals surface area contributed by atoms with Gasteiger partial charge in [-0.3, -0.25) is 4.79 Å². The summed E-state index contributed by atoms with van der Waals surface area (Å²) in [6.45, 7) is 2.06. The van der Waals surface area contributed by atoms with Gasteiger partial charge in [0.25, 0.3) is 0 Å². The number of hydrogen-bond donors (Lipinski definition) is 2. The van der Waals surface area contributed by atoms with E-state index in [2.05, 4.69) is 31.2 Å². The summed E-state index contributed by atoms with van der Waals surface area (Å²) < 4.78 is 0. The third-order valence-electron chi connectivity index (χ3n) is 6.92. The Morgan fingerprint density at radius 2 is 2.06 bits per heavy atom. The smallest absolute Gasteiger partial charge is 0.222 e. The van der Waals surface area contributed by atoms with Crippen molar-refractivity contribution in [1.82, 2.24) is 4.90 Å². The van der Waals surface area contributed by atoms with E-state index in [0.717, 1.165) is 44.1 Å². The van der Waals surface area contributed by atoms with Crippen LogP contribution >= 0.6 is 0 Å². The second-order valence-corrected chi connectivity index (χ2v) is 9.73. The van der Waals surface area contributed by atoms with Crippen molar-refractivity contribution in [1.29, 1.82) is 0 Å². The average Bonchev–Trinajstić information content (AvgIpc) is 3.22. The van der Waals surface area contributed by atoms with Crippen LogP contribution in [-0.4, -0.2) is 47.3 Å². The molecule has 0 saturated heterocycles. The van der Waals surface area contributed by atoms with Gasteiger partial charge in [-0.25, -0.2) is 0 Å². The summed E-state index contributed by atoms with van der Waals surface area (Å²) in [5.74, 6) is 1.26. The SMILES string of the molecule is Cc1cccc(C[C@@H](O)C=C[C@@H]2[C@H]3CC(CCCCCC(=O)N(C)C)=C[C@H]3C[C@H]2O)c1. The van der Waals surface area contributed by atoms with Crippen molar-refractivity contribution in [3.05, 3.63) is 59.2 Å². The van der Waals surface area contributed by atoms with Gasteiger partial charge in [0.1, 0.15) is 0 Å². The minimum atomic E-state index is -0.522. The van der Waals surface area contributed by atoms with E-state index in [9.17, 15) is 15.0 Å². The lowest BCUT2D eigenvalue weighted by Crippen LogP contribution is -2.20. The van der Waals surface area contributed by atoms with Crippen LogP contribution in [0.25, 0.3) is 0 Å². The summed E-state index contributed by atoms with van der Waals surface area (Å²) in [5, 5.41) is 21.0. The van der Waals surface area contributed by atoms with Crippen molar-refractivity contribution in [3.63, 3.8) is 0 Å². The van der Waals surface area contributed by atoms with Gasteiger partial charge >= 0.3 is 0 Å². The standard InChI is InChI=1S/C27H39NO3/c1-19-8-7-10-20(14-19)16-23(29)12-13-24-25-17-21(15-22(25)18-26(24)30)9-5-4-6-11-27(31)28(2)3/h7-8,10,12-15,22-26,29-30H,4-6,9,11,16-18H2,1-3H3/t22-,23-,24+,25-,26+/m0/s1. The number of rotatable bonds is 10. The fourth-order valence-corrected chi connectivity index (χ4v) is 5.22. The molecule has 1 aromatic carbocycles. The first kappa shape index (κ1) is 23.7. The Labute approximate surface area is 187 Å². The van der Waals surface area contributed by atoms with Gasteiger partial charge in [-0.2, -0.15) is 0 Å². The van der Waals surface area contributed by atoms with Crippen LogP contribution in [0.1, 0.15) is 56.1 Å². The highest BCUT2D eigenvalue weighted by Crippen LogP contribution is 2.48. The van der Waals surface area contributed by atoms with E-state index in [-0.39, 0.29) is 17.9 Å². The molecule has 0 aromatic heterocycles. The molecule has 0 unspecified atom stereocenters. The summed E-state index contributed by atoms with van der Waals surface area (Å²) >= 11 is 0. The lowest BCUT2D eigenvalue weighted by atomic mass is 9.88. The molecule has 4 nitrogen and oxygen atoms in total. The van der Waals surface area contributed by atoms with Crippen molar-refractivity contribution in [2.24, 2.45) is 17.8 Å². The number of aryl methyl sites for hydroxylation is 1. The lowest BCUT2D eigenvalue weighted by Gasteiger charge is -2.19. The maximum atomic E-state index is 11.7. The van der Waals surface area contributed by atoms with Crippen LogP contribution in [0, 0.1) is 24.7 Å². The molecule has 2 aliphatic carbocycles. The number of fused-ring (bicyclic) bond motifs is 1. The zero-order chi connectivity index (χ0) is 22.4. The summed E-state index contributed by atoms with van der Waals surface area (Å²) in [6, 6.07) is 8.25. The van der Waals surface area contributed by atoms with E-state index < -0.39 is 6.10 Å². The predicted octanol–water partition coefficient (Wildman–Crippen LogP) is 4.44. The van der Waals surface area contributed by atoms with Gasteiger partial charge in [0, 0.05) is 32.9 Å². The predicted molar refractivity (Wildman–Crippen MR) is 126 cm³/mol. The second-order valence-electron chi connectivity index (χ2n) is 9.73. The molecular formula is C27H39NO3. The quantitative estimate of drug-likeness (QED) is 0.430. The van der Waals surface area contributed by atoms with Gasteiger partial charge in [0.15, 0.2) is 0 Å². The molecule has 0 heterocycles. The van der Waals surface area contributed by atoms with Crippen molar-refractivity contribution in [2.75, 3.05) is 14.1 Å². The average molecular weight is 426 g/mol. The van der Waals surface area contributed by atoms with E-state index in [0.29, 0.717) is 24.7 Å². The second kappa shape index (κ2) is 11.1. The first-order chi connectivity index (χ1) is 14.8. The van der Waals surface area contributed by atoms with Gasteiger partial charge in [-0.1, -0.05) is 60.1 Å². The van der Waals surface area contributed by atoms with Gasteiger partial charge in [0.2, 0.25) is 5.91 Å². The van der Waals surface area contributed by atoms with Gasteiger partial charge in [-0.15, -0.1) is 0 Å². The van der Waals surface area contributed by atoms with E-state index >= 15 is 0 Å². The van der Waals surface area contributed by atoms with Crippen LogP contribution in [0.5, 0.6) is 0 Å². The molecule has 0 bridgehead atoms. The van der Waals surface area contributed by atoms with E-state index in [4.69, 9.17) is 0 Å². The Kier molecular flexibility index (Phi) is 8.50. The number of benzene rings is 1. The molecule has 2 N–H and O–H groups in total. The number of nitrogens with zero attached hydrogens (tertiary/aromatic N) is 1. The number of aliphatic hydroxyl groups is 2. The largest absolute Gasteiger partial charge is 0.392 e. The van der Waals surface area contributed by atoms with Crippen molar-refractivity contribution < 1.29 is 15.0 Å². The van der Waals surface area contributed by atoms with E-state index in [1.807, 2.05) is 32.3 Å². The minimum Gasteiger partial charge on any atom is -0.392 e. The van der Waals surface area contributed by atoms with Crippen molar-refractivity contribution in [3.8, 4) is 0 Å². The first-order valence-electron chi connectivity index (χ1n) is 11.8. The van der Waals surface area contributed by atoms with E-state index in [1.165, 1.54) is 11.1 Å². The van der Waals surface area contributed by atoms with Crippen LogP contribution < -0.4 is 0 Å². The maximum absolute atomic E-state index is 11.7. The number of allylic oxidation sites excluding steroid dienone is 2. The molecule has 170 valence electrons. The number of carbonyl (C=O) groups is 1. The fraction of sp³-hybridized carbons (Fsp3) is 0.593. The minimum absolute atomic E-state index is 0.128. The summed E-state index contributed by atoms with van der Waals surface area (Å²) in [4.78, 5) is 13.3. The molecular weight excluding hydrogens is 386 g/mol. The summed E-state index contributed by atoms with van der Waals surface area (Å²) in [7, 11) is 3.62. The summed E-state index contributed by atoms with van der Waals surface area (Å²) in [5.41, 5.74) is 3.86. The topological polar surface area (TPSA) is 60.8 Å². The molecule has 0 radical (unpaired) electrons. The number of amides is 1. The molecule has 1 fully saturated rings. The monoisotopic (exact) mass is 425 g/mol. The molecule has 0 spiro atoms. The highest BCUT2D eigenvalue weighted by Gasteiger charge is 2.43. The third kappa shape index (κ3) is 6.78. The molecule has 1 aromatic rings. The fourth-order valence-electron chi connectivity index (χ4n) is 5.22. The third-order valence-corrected chi connectivity index (χ3v) is 6.92. The molecule has 0 aliphatic heterocycles. The highest BCUT2D eigenvalue weighted by molar-refractivity contribution is 5.75.